The van der Waals surface area contributed by atoms with Crippen molar-refractivity contribution < 1.29 is 4.74 Å². The van der Waals surface area contributed by atoms with Crippen molar-refractivity contribution in [3.8, 4) is 11.6 Å². The molecule has 3 rings (SSSR count). The van der Waals surface area contributed by atoms with Crippen molar-refractivity contribution in [1.29, 1.82) is 0 Å². The van der Waals surface area contributed by atoms with E-state index < -0.39 is 0 Å². The molecule has 2 heterocycles. The number of nitrogens with zero attached hydrogens (tertiary/aromatic N) is 4. The Morgan fingerprint density at radius 3 is 2.67 bits per heavy atom. The van der Waals surface area contributed by atoms with E-state index in [2.05, 4.69) is 26.8 Å². The number of piperazine rings is 1. The molecule has 1 aromatic carbocycles. The van der Waals surface area contributed by atoms with Crippen LogP contribution in [0.4, 0.5) is 5.82 Å². The van der Waals surface area contributed by atoms with E-state index in [0.29, 0.717) is 16.7 Å². The molecule has 0 unspecified atom stereocenters. The molecule has 21 heavy (non-hydrogen) atoms. The van der Waals surface area contributed by atoms with Gasteiger partial charge >= 0.3 is 0 Å². The smallest absolute Gasteiger partial charge is 0.224 e. The Bertz CT molecular complexity index is 614. The minimum atomic E-state index is 0.529. The predicted octanol–water partition coefficient (Wildman–Crippen LogP) is 2.67. The first-order chi connectivity index (χ1) is 10.2. The van der Waals surface area contributed by atoms with Gasteiger partial charge in [-0.05, 0) is 25.2 Å². The molecule has 0 amide bonds. The van der Waals surface area contributed by atoms with E-state index in [1.165, 1.54) is 6.33 Å². The van der Waals surface area contributed by atoms with Crippen LogP contribution in [0.3, 0.4) is 0 Å². The maximum absolute atomic E-state index is 5.95. The van der Waals surface area contributed by atoms with Crippen molar-refractivity contribution in [3.63, 3.8) is 0 Å². The van der Waals surface area contributed by atoms with Gasteiger partial charge in [0.2, 0.25) is 5.88 Å². The standard InChI is InChI=1S/C15H17ClN4O/c1-19-5-7-20(8-6-19)14-10-15(18-11-17-14)21-13-4-2-3-12(16)9-13/h2-4,9-11H,5-8H2,1H3. The molecular formula is C15H17ClN4O. The first-order valence-electron chi connectivity index (χ1n) is 6.90. The van der Waals surface area contributed by atoms with E-state index in [0.717, 1.165) is 32.0 Å². The number of aromatic nitrogens is 2. The molecular weight excluding hydrogens is 288 g/mol. The number of halogens is 1. The summed E-state index contributed by atoms with van der Waals surface area (Å²) in [5.74, 6) is 2.10. The summed E-state index contributed by atoms with van der Waals surface area (Å²) in [5.41, 5.74) is 0. The third-order valence-corrected chi connectivity index (χ3v) is 3.71. The second-order valence-corrected chi connectivity index (χ2v) is 5.50. The van der Waals surface area contributed by atoms with Gasteiger partial charge in [0.05, 0.1) is 0 Å². The number of benzene rings is 1. The van der Waals surface area contributed by atoms with Crippen molar-refractivity contribution in [1.82, 2.24) is 14.9 Å². The molecule has 0 bridgehead atoms. The van der Waals surface area contributed by atoms with Crippen molar-refractivity contribution in [2.75, 3.05) is 38.1 Å². The Kier molecular flexibility index (Phi) is 4.22. The van der Waals surface area contributed by atoms with Crippen molar-refractivity contribution in [3.05, 3.63) is 41.7 Å². The minimum absolute atomic E-state index is 0.529. The monoisotopic (exact) mass is 304 g/mol. The summed E-state index contributed by atoms with van der Waals surface area (Å²) in [7, 11) is 2.13. The molecule has 6 heteroatoms. The van der Waals surface area contributed by atoms with Crippen molar-refractivity contribution in [2.24, 2.45) is 0 Å². The lowest BCUT2D eigenvalue weighted by atomic mass is 10.3. The zero-order valence-electron chi connectivity index (χ0n) is 11.9. The number of anilines is 1. The molecule has 1 aliphatic rings. The van der Waals surface area contributed by atoms with Crippen LogP contribution in [0.25, 0.3) is 0 Å². The normalized spacial score (nSPS) is 16.0. The maximum Gasteiger partial charge on any atom is 0.224 e. The Balaban J connectivity index is 1.74. The van der Waals surface area contributed by atoms with Gasteiger partial charge in [-0.25, -0.2) is 9.97 Å². The third-order valence-electron chi connectivity index (χ3n) is 3.47. The van der Waals surface area contributed by atoms with Gasteiger partial charge in [0.1, 0.15) is 17.9 Å². The first kappa shape index (κ1) is 14.1. The Morgan fingerprint density at radius 1 is 1.10 bits per heavy atom. The molecule has 0 atom stereocenters. The lowest BCUT2D eigenvalue weighted by Crippen LogP contribution is -2.44. The SMILES string of the molecule is CN1CCN(c2cc(Oc3cccc(Cl)c3)ncn2)CC1. The predicted molar refractivity (Wildman–Crippen MR) is 83.3 cm³/mol. The van der Waals surface area contributed by atoms with Gasteiger partial charge in [-0.2, -0.15) is 0 Å². The van der Waals surface area contributed by atoms with Crippen LogP contribution in [0.5, 0.6) is 11.6 Å². The van der Waals surface area contributed by atoms with Gasteiger partial charge in [0.25, 0.3) is 0 Å². The fraction of sp³-hybridized carbons (Fsp3) is 0.333. The Hall–Kier alpha value is -1.85. The van der Waals surface area contributed by atoms with Crippen LogP contribution in [-0.4, -0.2) is 48.1 Å². The molecule has 0 saturated carbocycles. The second kappa shape index (κ2) is 6.28. The highest BCUT2D eigenvalue weighted by Gasteiger charge is 2.16. The van der Waals surface area contributed by atoms with Gasteiger partial charge in [0.15, 0.2) is 0 Å². The summed E-state index contributed by atoms with van der Waals surface area (Å²) in [6.07, 6.45) is 1.54. The number of hydrogen-bond acceptors (Lipinski definition) is 5. The van der Waals surface area contributed by atoms with Crippen LogP contribution < -0.4 is 9.64 Å². The summed E-state index contributed by atoms with van der Waals surface area (Å²) >= 11 is 5.95. The molecule has 2 aromatic rings. The van der Waals surface area contributed by atoms with Gasteiger partial charge in [-0.1, -0.05) is 17.7 Å². The average Bonchev–Trinajstić information content (AvgIpc) is 2.48. The topological polar surface area (TPSA) is 41.5 Å². The molecule has 1 saturated heterocycles. The van der Waals surface area contributed by atoms with Gasteiger partial charge in [0, 0.05) is 37.3 Å². The Labute approximate surface area is 129 Å². The fourth-order valence-corrected chi connectivity index (χ4v) is 2.43. The molecule has 5 nitrogen and oxygen atoms in total. The van der Waals surface area contributed by atoms with E-state index in [9.17, 15) is 0 Å². The molecule has 0 aliphatic carbocycles. The zero-order valence-corrected chi connectivity index (χ0v) is 12.6. The molecule has 110 valence electrons. The zero-order chi connectivity index (χ0) is 14.7. The molecule has 1 aliphatic heterocycles. The van der Waals surface area contributed by atoms with Gasteiger partial charge in [-0.3, -0.25) is 0 Å². The minimum Gasteiger partial charge on any atom is -0.439 e. The van der Waals surface area contributed by atoms with E-state index in [-0.39, 0.29) is 0 Å². The summed E-state index contributed by atoms with van der Waals surface area (Å²) < 4.78 is 5.74. The lowest BCUT2D eigenvalue weighted by Gasteiger charge is -2.33. The first-order valence-corrected chi connectivity index (χ1v) is 7.27. The summed E-state index contributed by atoms with van der Waals surface area (Å²) in [5, 5.41) is 0.640. The van der Waals surface area contributed by atoms with Crippen LogP contribution in [0.1, 0.15) is 0 Å². The molecule has 1 aromatic heterocycles. The largest absolute Gasteiger partial charge is 0.439 e. The van der Waals surface area contributed by atoms with Crippen LogP contribution >= 0.6 is 11.6 Å². The molecule has 1 fully saturated rings. The maximum atomic E-state index is 5.95. The van der Waals surface area contributed by atoms with E-state index >= 15 is 0 Å². The van der Waals surface area contributed by atoms with Crippen molar-refractivity contribution >= 4 is 17.4 Å². The third kappa shape index (κ3) is 3.62. The summed E-state index contributed by atoms with van der Waals surface area (Å²) in [6, 6.07) is 9.14. The number of rotatable bonds is 3. The lowest BCUT2D eigenvalue weighted by molar-refractivity contribution is 0.312. The van der Waals surface area contributed by atoms with Crippen molar-refractivity contribution in [2.45, 2.75) is 0 Å². The number of ether oxygens (including phenoxy) is 1. The molecule has 0 spiro atoms. The summed E-state index contributed by atoms with van der Waals surface area (Å²) in [6.45, 7) is 4.00. The quantitative estimate of drug-likeness (QED) is 0.872. The number of hydrogen-bond donors (Lipinski definition) is 0. The highest BCUT2D eigenvalue weighted by atomic mass is 35.5. The van der Waals surface area contributed by atoms with Crippen LogP contribution in [0, 0.1) is 0 Å². The van der Waals surface area contributed by atoms with Gasteiger partial charge < -0.3 is 14.5 Å². The van der Waals surface area contributed by atoms with Crippen LogP contribution in [-0.2, 0) is 0 Å². The molecule has 0 radical (unpaired) electrons. The van der Waals surface area contributed by atoms with E-state index in [1.807, 2.05) is 24.3 Å². The fourth-order valence-electron chi connectivity index (χ4n) is 2.25. The number of likely N-dealkylation sites (N-methyl/N-ethyl adjacent to an activating group) is 1. The highest BCUT2D eigenvalue weighted by Crippen LogP contribution is 2.24. The van der Waals surface area contributed by atoms with E-state index in [4.69, 9.17) is 16.3 Å². The summed E-state index contributed by atoms with van der Waals surface area (Å²) in [4.78, 5) is 13.0. The average molecular weight is 305 g/mol. The molecule has 0 N–H and O–H groups in total. The Morgan fingerprint density at radius 2 is 1.90 bits per heavy atom. The second-order valence-electron chi connectivity index (χ2n) is 5.06. The van der Waals surface area contributed by atoms with E-state index in [1.54, 1.807) is 6.07 Å². The van der Waals surface area contributed by atoms with Crippen LogP contribution in [0.2, 0.25) is 5.02 Å². The van der Waals surface area contributed by atoms with Crippen LogP contribution in [0.15, 0.2) is 36.7 Å². The van der Waals surface area contributed by atoms with Gasteiger partial charge in [-0.15, -0.1) is 0 Å². The highest BCUT2D eigenvalue weighted by molar-refractivity contribution is 6.30.